The summed E-state index contributed by atoms with van der Waals surface area (Å²) in [6.45, 7) is 0. The zero-order valence-electron chi connectivity index (χ0n) is 7.37. The number of aromatic nitrogens is 2. The minimum absolute atomic E-state index is 0.00528. The standard InChI is InChI=1S/C7H8F2N2O3/c1-13-5(12)3-2-4-10-11-7(14-4)6(8)9/h6H,2-3H2,1H3. The molecule has 1 rings (SSSR count). The van der Waals surface area contributed by atoms with Gasteiger partial charge in [0.1, 0.15) is 0 Å². The van der Waals surface area contributed by atoms with Gasteiger partial charge in [0.25, 0.3) is 5.89 Å². The lowest BCUT2D eigenvalue weighted by Crippen LogP contribution is -2.01. The highest BCUT2D eigenvalue weighted by molar-refractivity contribution is 5.69. The summed E-state index contributed by atoms with van der Waals surface area (Å²) in [5.74, 6) is -1.18. The molecule has 0 bridgehead atoms. The van der Waals surface area contributed by atoms with Crippen LogP contribution in [0.15, 0.2) is 4.42 Å². The van der Waals surface area contributed by atoms with E-state index in [1.807, 2.05) is 0 Å². The van der Waals surface area contributed by atoms with Gasteiger partial charge in [-0.25, -0.2) is 0 Å². The predicted molar refractivity (Wildman–Crippen MR) is 39.6 cm³/mol. The molecule has 1 heterocycles. The molecule has 0 fully saturated rings. The number of rotatable bonds is 4. The number of halogens is 2. The van der Waals surface area contributed by atoms with E-state index in [1.165, 1.54) is 7.11 Å². The van der Waals surface area contributed by atoms with Crippen LogP contribution in [0.25, 0.3) is 0 Å². The monoisotopic (exact) mass is 206 g/mol. The van der Waals surface area contributed by atoms with E-state index in [0.717, 1.165) is 0 Å². The first-order valence-corrected chi connectivity index (χ1v) is 3.80. The topological polar surface area (TPSA) is 65.2 Å². The second kappa shape index (κ2) is 4.64. The van der Waals surface area contributed by atoms with Gasteiger partial charge in [-0.3, -0.25) is 4.79 Å². The van der Waals surface area contributed by atoms with Crippen molar-refractivity contribution in [3.63, 3.8) is 0 Å². The van der Waals surface area contributed by atoms with E-state index >= 15 is 0 Å². The number of esters is 1. The van der Waals surface area contributed by atoms with Gasteiger partial charge in [-0.2, -0.15) is 8.78 Å². The fraction of sp³-hybridized carbons (Fsp3) is 0.571. The Morgan fingerprint density at radius 1 is 1.57 bits per heavy atom. The molecule has 0 spiro atoms. The van der Waals surface area contributed by atoms with E-state index in [4.69, 9.17) is 0 Å². The zero-order chi connectivity index (χ0) is 10.6. The molecule has 0 saturated heterocycles. The molecule has 1 aromatic heterocycles. The van der Waals surface area contributed by atoms with Crippen LogP contribution in [-0.2, 0) is 16.0 Å². The van der Waals surface area contributed by atoms with Crippen molar-refractivity contribution >= 4 is 5.97 Å². The number of hydrogen-bond donors (Lipinski definition) is 0. The van der Waals surface area contributed by atoms with Gasteiger partial charge in [-0.15, -0.1) is 10.2 Å². The first kappa shape index (κ1) is 10.6. The van der Waals surface area contributed by atoms with Crippen LogP contribution in [-0.4, -0.2) is 23.3 Å². The number of methoxy groups -OCH3 is 1. The summed E-state index contributed by atoms with van der Waals surface area (Å²) in [5, 5.41) is 6.44. The normalized spacial score (nSPS) is 10.6. The lowest BCUT2D eigenvalue weighted by Gasteiger charge is -1.94. The third kappa shape index (κ3) is 2.75. The number of nitrogens with zero attached hydrogens (tertiary/aromatic N) is 2. The summed E-state index contributed by atoms with van der Waals surface area (Å²) in [7, 11) is 1.24. The molecule has 0 amide bonds. The number of aryl methyl sites for hydroxylation is 1. The molecule has 0 aliphatic rings. The maximum absolute atomic E-state index is 12.0. The third-order valence-corrected chi connectivity index (χ3v) is 1.44. The van der Waals surface area contributed by atoms with Crippen LogP contribution >= 0.6 is 0 Å². The molecule has 0 unspecified atom stereocenters. The Morgan fingerprint density at radius 3 is 2.79 bits per heavy atom. The van der Waals surface area contributed by atoms with Gasteiger partial charge in [-0.05, 0) is 0 Å². The number of alkyl halides is 2. The molecule has 14 heavy (non-hydrogen) atoms. The summed E-state index contributed by atoms with van der Waals surface area (Å²) in [6.07, 6.45) is -2.65. The van der Waals surface area contributed by atoms with E-state index in [1.54, 1.807) is 0 Å². The molecule has 78 valence electrons. The van der Waals surface area contributed by atoms with Crippen molar-refractivity contribution < 1.29 is 22.7 Å². The van der Waals surface area contributed by atoms with Crippen molar-refractivity contribution in [3.8, 4) is 0 Å². The smallest absolute Gasteiger partial charge is 0.314 e. The van der Waals surface area contributed by atoms with Gasteiger partial charge < -0.3 is 9.15 Å². The lowest BCUT2D eigenvalue weighted by atomic mass is 10.3. The average Bonchev–Trinajstić information content (AvgIpc) is 2.62. The van der Waals surface area contributed by atoms with Crippen molar-refractivity contribution in [1.29, 1.82) is 0 Å². The Balaban J connectivity index is 2.48. The molecule has 7 heteroatoms. The summed E-state index contributed by atoms with van der Waals surface area (Å²) in [5.41, 5.74) is 0. The Hall–Kier alpha value is -1.53. The molecule has 0 radical (unpaired) electrons. The molecule has 5 nitrogen and oxygen atoms in total. The summed E-state index contributed by atoms with van der Waals surface area (Å²) in [6, 6.07) is 0. The Kier molecular flexibility index (Phi) is 3.49. The highest BCUT2D eigenvalue weighted by atomic mass is 19.3. The predicted octanol–water partition coefficient (Wildman–Crippen LogP) is 1.11. The first-order valence-electron chi connectivity index (χ1n) is 3.80. The second-order valence-corrected chi connectivity index (χ2v) is 2.41. The van der Waals surface area contributed by atoms with E-state index in [0.29, 0.717) is 0 Å². The average molecular weight is 206 g/mol. The van der Waals surface area contributed by atoms with Crippen LogP contribution in [0.5, 0.6) is 0 Å². The van der Waals surface area contributed by atoms with E-state index in [-0.39, 0.29) is 18.7 Å². The SMILES string of the molecule is COC(=O)CCc1nnc(C(F)F)o1. The van der Waals surface area contributed by atoms with Gasteiger partial charge in [0.15, 0.2) is 0 Å². The molecule has 0 N–H and O–H groups in total. The second-order valence-electron chi connectivity index (χ2n) is 2.41. The molecule has 0 saturated carbocycles. The van der Waals surface area contributed by atoms with Gasteiger partial charge >= 0.3 is 12.4 Å². The quantitative estimate of drug-likeness (QED) is 0.690. The number of ether oxygens (including phenoxy) is 1. The van der Waals surface area contributed by atoms with Crippen molar-refractivity contribution in [2.24, 2.45) is 0 Å². The third-order valence-electron chi connectivity index (χ3n) is 1.44. The summed E-state index contributed by atoms with van der Waals surface area (Å²) in [4.78, 5) is 10.7. The highest BCUT2D eigenvalue weighted by Gasteiger charge is 2.16. The van der Waals surface area contributed by atoms with Crippen LogP contribution < -0.4 is 0 Å². The van der Waals surface area contributed by atoms with Crippen LogP contribution in [0, 0.1) is 0 Å². The van der Waals surface area contributed by atoms with Gasteiger partial charge in [0, 0.05) is 6.42 Å². The van der Waals surface area contributed by atoms with Crippen molar-refractivity contribution in [1.82, 2.24) is 10.2 Å². The number of carbonyl (C=O) groups excluding carboxylic acids is 1. The van der Waals surface area contributed by atoms with E-state index < -0.39 is 18.3 Å². The summed E-state index contributed by atoms with van der Waals surface area (Å²) < 4.78 is 32.8. The fourth-order valence-corrected chi connectivity index (χ4v) is 0.767. The molecule has 0 atom stereocenters. The maximum atomic E-state index is 12.0. The fourth-order valence-electron chi connectivity index (χ4n) is 0.767. The summed E-state index contributed by atoms with van der Waals surface area (Å²) >= 11 is 0. The van der Waals surface area contributed by atoms with Gasteiger partial charge in [0.2, 0.25) is 5.89 Å². The molecule has 0 aromatic carbocycles. The van der Waals surface area contributed by atoms with Gasteiger partial charge in [0.05, 0.1) is 13.5 Å². The highest BCUT2D eigenvalue weighted by Crippen LogP contribution is 2.16. The van der Waals surface area contributed by atoms with Crippen LogP contribution in [0.4, 0.5) is 8.78 Å². The van der Waals surface area contributed by atoms with Crippen LogP contribution in [0.3, 0.4) is 0 Å². The molecular formula is C7H8F2N2O3. The molecular weight excluding hydrogens is 198 g/mol. The minimum Gasteiger partial charge on any atom is -0.469 e. The van der Waals surface area contributed by atoms with Crippen molar-refractivity contribution in [3.05, 3.63) is 11.8 Å². The van der Waals surface area contributed by atoms with Crippen molar-refractivity contribution in [2.45, 2.75) is 19.3 Å². The Labute approximate surface area is 78.1 Å². The van der Waals surface area contributed by atoms with E-state index in [9.17, 15) is 13.6 Å². The number of hydrogen-bond acceptors (Lipinski definition) is 5. The molecule has 0 aliphatic heterocycles. The minimum atomic E-state index is -2.78. The maximum Gasteiger partial charge on any atom is 0.314 e. The Bertz CT molecular complexity index is 314. The molecule has 1 aromatic rings. The largest absolute Gasteiger partial charge is 0.469 e. The van der Waals surface area contributed by atoms with Crippen LogP contribution in [0.1, 0.15) is 24.6 Å². The van der Waals surface area contributed by atoms with E-state index in [2.05, 4.69) is 19.4 Å². The first-order chi connectivity index (χ1) is 6.63. The number of carbonyl (C=O) groups is 1. The van der Waals surface area contributed by atoms with Crippen molar-refractivity contribution in [2.75, 3.05) is 7.11 Å². The lowest BCUT2D eigenvalue weighted by molar-refractivity contribution is -0.140. The Morgan fingerprint density at radius 2 is 2.29 bits per heavy atom. The zero-order valence-corrected chi connectivity index (χ0v) is 7.37. The van der Waals surface area contributed by atoms with Gasteiger partial charge in [-0.1, -0.05) is 0 Å². The molecule has 0 aliphatic carbocycles. The van der Waals surface area contributed by atoms with Crippen LogP contribution in [0.2, 0.25) is 0 Å².